The van der Waals surface area contributed by atoms with Crippen molar-refractivity contribution in [2.45, 2.75) is 102 Å². The lowest BCUT2D eigenvalue weighted by atomic mass is 9.80. The summed E-state index contributed by atoms with van der Waals surface area (Å²) in [6.45, 7) is 3.38. The molecule has 0 saturated heterocycles. The monoisotopic (exact) mass is 345 g/mol. The van der Waals surface area contributed by atoms with Crippen LogP contribution in [0.15, 0.2) is 30.3 Å². The van der Waals surface area contributed by atoms with Gasteiger partial charge in [0.05, 0.1) is 6.10 Å². The standard InChI is InChI=1S/C23H39NO/c1-2-3-4-5-6-7-8-9-13-16-24-22-17-21(18-23(25)19-22)20-14-11-10-12-15-20/h10-12,14-15,21-25H,2-9,13,16-19H2,1H3. The fraction of sp³-hybridized carbons (Fsp3) is 0.739. The van der Waals surface area contributed by atoms with Gasteiger partial charge in [-0.2, -0.15) is 0 Å². The molecule has 1 fully saturated rings. The molecule has 1 aromatic carbocycles. The van der Waals surface area contributed by atoms with Crippen LogP contribution in [0, 0.1) is 0 Å². The Balaban J connectivity index is 1.55. The van der Waals surface area contributed by atoms with Gasteiger partial charge in [-0.15, -0.1) is 0 Å². The Kier molecular flexibility index (Phi) is 10.2. The van der Waals surface area contributed by atoms with Gasteiger partial charge >= 0.3 is 0 Å². The van der Waals surface area contributed by atoms with Crippen molar-refractivity contribution in [2.75, 3.05) is 6.54 Å². The second-order valence-electron chi connectivity index (χ2n) is 7.95. The van der Waals surface area contributed by atoms with Crippen LogP contribution >= 0.6 is 0 Å². The zero-order chi connectivity index (χ0) is 17.7. The summed E-state index contributed by atoms with van der Waals surface area (Å²) in [5, 5.41) is 13.9. The van der Waals surface area contributed by atoms with Crippen molar-refractivity contribution in [3.63, 3.8) is 0 Å². The summed E-state index contributed by atoms with van der Waals surface area (Å²) in [6, 6.07) is 11.2. The molecule has 0 bridgehead atoms. The Labute approximate surface area is 155 Å². The summed E-state index contributed by atoms with van der Waals surface area (Å²) in [7, 11) is 0. The Morgan fingerprint density at radius 1 is 0.840 bits per heavy atom. The Bertz CT molecular complexity index is 433. The van der Waals surface area contributed by atoms with Gasteiger partial charge in [0.25, 0.3) is 0 Å². The molecule has 3 atom stereocenters. The SMILES string of the molecule is CCCCCCCCCCCNC1CC(O)CC(c2ccccc2)C1. The van der Waals surface area contributed by atoms with Crippen LogP contribution in [-0.2, 0) is 0 Å². The van der Waals surface area contributed by atoms with E-state index in [9.17, 15) is 5.11 Å². The van der Waals surface area contributed by atoms with Gasteiger partial charge in [-0.1, -0.05) is 88.6 Å². The maximum atomic E-state index is 10.2. The molecule has 25 heavy (non-hydrogen) atoms. The Morgan fingerprint density at radius 3 is 2.16 bits per heavy atom. The molecule has 2 heteroatoms. The zero-order valence-corrected chi connectivity index (χ0v) is 16.3. The molecule has 2 N–H and O–H groups in total. The molecule has 2 rings (SSSR count). The van der Waals surface area contributed by atoms with E-state index in [0.717, 1.165) is 19.4 Å². The number of nitrogens with one attached hydrogen (secondary N) is 1. The van der Waals surface area contributed by atoms with Gasteiger partial charge in [0.1, 0.15) is 0 Å². The molecule has 0 radical (unpaired) electrons. The van der Waals surface area contributed by atoms with Crippen molar-refractivity contribution in [1.29, 1.82) is 0 Å². The minimum atomic E-state index is -0.153. The highest BCUT2D eigenvalue weighted by Crippen LogP contribution is 2.33. The van der Waals surface area contributed by atoms with E-state index in [2.05, 4.69) is 42.6 Å². The quantitative estimate of drug-likeness (QED) is 0.469. The predicted octanol–water partition coefficient (Wildman–Crippen LogP) is 5.80. The third kappa shape index (κ3) is 8.37. The number of unbranched alkanes of at least 4 members (excludes halogenated alkanes) is 8. The molecule has 1 saturated carbocycles. The Hall–Kier alpha value is -0.860. The second kappa shape index (κ2) is 12.5. The van der Waals surface area contributed by atoms with Gasteiger partial charge in [0, 0.05) is 6.04 Å². The van der Waals surface area contributed by atoms with Crippen molar-refractivity contribution in [3.8, 4) is 0 Å². The van der Waals surface area contributed by atoms with Crippen molar-refractivity contribution < 1.29 is 5.11 Å². The molecule has 1 aliphatic carbocycles. The minimum Gasteiger partial charge on any atom is -0.393 e. The van der Waals surface area contributed by atoms with Gasteiger partial charge in [-0.05, 0) is 43.7 Å². The molecular weight excluding hydrogens is 306 g/mol. The molecule has 2 nitrogen and oxygen atoms in total. The van der Waals surface area contributed by atoms with E-state index in [1.54, 1.807) is 0 Å². The zero-order valence-electron chi connectivity index (χ0n) is 16.3. The molecule has 0 aromatic heterocycles. The predicted molar refractivity (Wildman–Crippen MR) is 108 cm³/mol. The maximum Gasteiger partial charge on any atom is 0.0561 e. The summed E-state index contributed by atoms with van der Waals surface area (Å²) < 4.78 is 0. The number of aliphatic hydroxyl groups is 1. The van der Waals surface area contributed by atoms with Crippen LogP contribution in [0.3, 0.4) is 0 Å². The average Bonchev–Trinajstić information content (AvgIpc) is 2.63. The first kappa shape index (κ1) is 20.5. The van der Waals surface area contributed by atoms with Crippen LogP contribution < -0.4 is 5.32 Å². The Morgan fingerprint density at radius 2 is 1.48 bits per heavy atom. The average molecular weight is 346 g/mol. The molecule has 142 valence electrons. The smallest absolute Gasteiger partial charge is 0.0561 e. The summed E-state index contributed by atoms with van der Waals surface area (Å²) >= 11 is 0. The molecule has 1 aliphatic rings. The normalized spacial score (nSPS) is 23.7. The first-order valence-corrected chi connectivity index (χ1v) is 10.8. The van der Waals surface area contributed by atoms with E-state index in [-0.39, 0.29) is 6.10 Å². The lowest BCUT2D eigenvalue weighted by Crippen LogP contribution is -2.39. The molecule has 1 aromatic rings. The van der Waals surface area contributed by atoms with Gasteiger partial charge in [-0.3, -0.25) is 0 Å². The summed E-state index contributed by atoms with van der Waals surface area (Å²) in [5.41, 5.74) is 1.39. The lowest BCUT2D eigenvalue weighted by Gasteiger charge is -2.33. The molecule has 0 spiro atoms. The van der Waals surface area contributed by atoms with Crippen LogP contribution in [0.1, 0.15) is 95.5 Å². The summed E-state index contributed by atoms with van der Waals surface area (Å²) in [6.07, 6.45) is 15.3. The van der Waals surface area contributed by atoms with Crippen LogP contribution in [0.5, 0.6) is 0 Å². The van der Waals surface area contributed by atoms with E-state index in [4.69, 9.17) is 0 Å². The molecular formula is C23H39NO. The highest BCUT2D eigenvalue weighted by atomic mass is 16.3. The third-order valence-corrected chi connectivity index (χ3v) is 5.67. The highest BCUT2D eigenvalue weighted by Gasteiger charge is 2.28. The largest absolute Gasteiger partial charge is 0.393 e. The number of hydrogen-bond acceptors (Lipinski definition) is 2. The van der Waals surface area contributed by atoms with E-state index in [1.165, 1.54) is 69.8 Å². The summed E-state index contributed by atoms with van der Waals surface area (Å²) in [4.78, 5) is 0. The van der Waals surface area contributed by atoms with E-state index in [0.29, 0.717) is 12.0 Å². The van der Waals surface area contributed by atoms with Crippen molar-refractivity contribution in [3.05, 3.63) is 35.9 Å². The van der Waals surface area contributed by atoms with Crippen LogP contribution in [0.4, 0.5) is 0 Å². The van der Waals surface area contributed by atoms with Gasteiger partial charge in [0.2, 0.25) is 0 Å². The number of rotatable bonds is 12. The second-order valence-corrected chi connectivity index (χ2v) is 7.95. The van der Waals surface area contributed by atoms with Crippen molar-refractivity contribution >= 4 is 0 Å². The fourth-order valence-corrected chi connectivity index (χ4v) is 4.19. The van der Waals surface area contributed by atoms with Crippen LogP contribution in [0.25, 0.3) is 0 Å². The van der Waals surface area contributed by atoms with E-state index < -0.39 is 0 Å². The van der Waals surface area contributed by atoms with Crippen molar-refractivity contribution in [2.24, 2.45) is 0 Å². The van der Waals surface area contributed by atoms with Gasteiger partial charge < -0.3 is 10.4 Å². The number of benzene rings is 1. The summed E-state index contributed by atoms with van der Waals surface area (Å²) in [5.74, 6) is 0.505. The minimum absolute atomic E-state index is 0.153. The third-order valence-electron chi connectivity index (χ3n) is 5.67. The number of aliphatic hydroxyl groups excluding tert-OH is 1. The highest BCUT2D eigenvalue weighted by molar-refractivity contribution is 5.20. The number of hydrogen-bond donors (Lipinski definition) is 2. The molecule has 3 unspecified atom stereocenters. The fourth-order valence-electron chi connectivity index (χ4n) is 4.19. The molecule has 0 aliphatic heterocycles. The first-order chi connectivity index (χ1) is 12.3. The topological polar surface area (TPSA) is 32.3 Å². The molecule has 0 amide bonds. The van der Waals surface area contributed by atoms with E-state index >= 15 is 0 Å². The maximum absolute atomic E-state index is 10.2. The van der Waals surface area contributed by atoms with Crippen LogP contribution in [-0.4, -0.2) is 23.8 Å². The molecule has 0 heterocycles. The first-order valence-electron chi connectivity index (χ1n) is 10.8. The van der Waals surface area contributed by atoms with Crippen LogP contribution in [0.2, 0.25) is 0 Å². The lowest BCUT2D eigenvalue weighted by molar-refractivity contribution is 0.100. The van der Waals surface area contributed by atoms with Gasteiger partial charge in [-0.25, -0.2) is 0 Å². The van der Waals surface area contributed by atoms with E-state index in [1.807, 2.05) is 0 Å². The van der Waals surface area contributed by atoms with Gasteiger partial charge in [0.15, 0.2) is 0 Å². The van der Waals surface area contributed by atoms with Crippen molar-refractivity contribution in [1.82, 2.24) is 5.32 Å².